The number of carbonyl (C=O) groups is 1. The zero-order valence-corrected chi connectivity index (χ0v) is 11.4. The summed E-state index contributed by atoms with van der Waals surface area (Å²) in [6.07, 6.45) is 5.52. The summed E-state index contributed by atoms with van der Waals surface area (Å²) in [5, 5.41) is 0. The first kappa shape index (κ1) is 14.5. The first-order chi connectivity index (χ1) is 8.08. The average molecular weight is 241 g/mol. The Morgan fingerprint density at radius 2 is 1.76 bits per heavy atom. The molecule has 0 aliphatic heterocycles. The molecule has 2 N–H and O–H groups in total. The van der Waals surface area contributed by atoms with Crippen molar-refractivity contribution in [3.63, 3.8) is 0 Å². The van der Waals surface area contributed by atoms with Crippen LogP contribution in [0.15, 0.2) is 0 Å². The molecule has 0 heterocycles. The van der Waals surface area contributed by atoms with E-state index in [1.807, 2.05) is 0 Å². The Hall–Kier alpha value is -0.570. The largest absolute Gasteiger partial charge is 0.469 e. The summed E-state index contributed by atoms with van der Waals surface area (Å²) < 4.78 is 4.74. The van der Waals surface area contributed by atoms with Crippen LogP contribution in [0.25, 0.3) is 0 Å². The standard InChI is InChI=1S/C14H27NO2/c1-10(2)11-4-6-12(7-5-11)13(9-15)8-14(16)17-3/h10-13H,4-9,15H2,1-3H3. The highest BCUT2D eigenvalue weighted by Crippen LogP contribution is 2.37. The lowest BCUT2D eigenvalue weighted by molar-refractivity contribution is -0.142. The van der Waals surface area contributed by atoms with Crippen molar-refractivity contribution in [1.29, 1.82) is 0 Å². The van der Waals surface area contributed by atoms with Crippen LogP contribution in [0.1, 0.15) is 46.0 Å². The third-order valence-corrected chi connectivity index (χ3v) is 4.39. The molecule has 100 valence electrons. The lowest BCUT2D eigenvalue weighted by Crippen LogP contribution is -2.30. The van der Waals surface area contributed by atoms with Crippen LogP contribution in [0.2, 0.25) is 0 Å². The molecule has 0 amide bonds. The quantitative estimate of drug-likeness (QED) is 0.753. The van der Waals surface area contributed by atoms with Crippen molar-refractivity contribution >= 4 is 5.97 Å². The number of ether oxygens (including phenoxy) is 1. The summed E-state index contributed by atoms with van der Waals surface area (Å²) in [6.45, 7) is 5.21. The van der Waals surface area contributed by atoms with Gasteiger partial charge in [0, 0.05) is 6.42 Å². The Bertz CT molecular complexity index is 232. The maximum Gasteiger partial charge on any atom is 0.305 e. The fourth-order valence-corrected chi connectivity index (χ4v) is 3.02. The predicted molar refractivity (Wildman–Crippen MR) is 69.5 cm³/mol. The Kier molecular flexibility index (Phi) is 5.96. The molecule has 0 bridgehead atoms. The fraction of sp³-hybridized carbons (Fsp3) is 0.929. The molecular weight excluding hydrogens is 214 g/mol. The van der Waals surface area contributed by atoms with Gasteiger partial charge in [0.05, 0.1) is 7.11 Å². The van der Waals surface area contributed by atoms with Crippen LogP contribution < -0.4 is 5.73 Å². The van der Waals surface area contributed by atoms with Crippen molar-refractivity contribution in [3.8, 4) is 0 Å². The summed E-state index contributed by atoms with van der Waals surface area (Å²) in [5.41, 5.74) is 5.79. The van der Waals surface area contributed by atoms with Crippen molar-refractivity contribution in [2.45, 2.75) is 46.0 Å². The number of nitrogens with two attached hydrogens (primary N) is 1. The van der Waals surface area contributed by atoms with E-state index in [-0.39, 0.29) is 5.97 Å². The molecule has 17 heavy (non-hydrogen) atoms. The number of hydrogen-bond acceptors (Lipinski definition) is 3. The summed E-state index contributed by atoms with van der Waals surface area (Å²) in [7, 11) is 1.45. The number of rotatable bonds is 5. The highest BCUT2D eigenvalue weighted by Gasteiger charge is 2.29. The summed E-state index contributed by atoms with van der Waals surface area (Å²) in [5.74, 6) is 2.46. The van der Waals surface area contributed by atoms with E-state index in [1.165, 1.54) is 32.8 Å². The maximum atomic E-state index is 11.3. The van der Waals surface area contributed by atoms with Crippen LogP contribution in [0.5, 0.6) is 0 Å². The minimum Gasteiger partial charge on any atom is -0.469 e. The van der Waals surface area contributed by atoms with Gasteiger partial charge in [-0.25, -0.2) is 0 Å². The van der Waals surface area contributed by atoms with Gasteiger partial charge >= 0.3 is 5.97 Å². The second kappa shape index (κ2) is 7.00. The van der Waals surface area contributed by atoms with E-state index in [0.29, 0.717) is 24.8 Å². The van der Waals surface area contributed by atoms with E-state index in [2.05, 4.69) is 13.8 Å². The summed E-state index contributed by atoms with van der Waals surface area (Å²) in [4.78, 5) is 11.3. The summed E-state index contributed by atoms with van der Waals surface area (Å²) >= 11 is 0. The molecule has 1 fully saturated rings. The number of esters is 1. The molecule has 0 saturated heterocycles. The number of carbonyl (C=O) groups excluding carboxylic acids is 1. The first-order valence-corrected chi connectivity index (χ1v) is 6.85. The van der Waals surface area contributed by atoms with E-state index in [9.17, 15) is 4.79 Å². The molecule has 3 heteroatoms. The van der Waals surface area contributed by atoms with Crippen molar-refractivity contribution in [1.82, 2.24) is 0 Å². The van der Waals surface area contributed by atoms with Gasteiger partial charge in [-0.3, -0.25) is 4.79 Å². The molecular formula is C14H27NO2. The minimum absolute atomic E-state index is 0.119. The van der Waals surface area contributed by atoms with Gasteiger partial charge in [-0.1, -0.05) is 13.8 Å². The van der Waals surface area contributed by atoms with Gasteiger partial charge in [-0.15, -0.1) is 0 Å². The average Bonchev–Trinajstić information content (AvgIpc) is 2.35. The van der Waals surface area contributed by atoms with Crippen LogP contribution in [0.3, 0.4) is 0 Å². The van der Waals surface area contributed by atoms with Gasteiger partial charge in [0.1, 0.15) is 0 Å². The molecule has 0 aromatic heterocycles. The lowest BCUT2D eigenvalue weighted by atomic mass is 9.72. The predicted octanol–water partition coefficient (Wildman–Crippen LogP) is 2.59. The Labute approximate surface area is 105 Å². The SMILES string of the molecule is COC(=O)CC(CN)C1CCC(C(C)C)CC1. The Balaban J connectivity index is 2.42. The van der Waals surface area contributed by atoms with Gasteiger partial charge in [0.15, 0.2) is 0 Å². The fourth-order valence-electron chi connectivity index (χ4n) is 3.02. The molecule has 3 nitrogen and oxygen atoms in total. The van der Waals surface area contributed by atoms with Crippen LogP contribution >= 0.6 is 0 Å². The molecule has 0 spiro atoms. The zero-order chi connectivity index (χ0) is 12.8. The number of hydrogen-bond donors (Lipinski definition) is 1. The second-order valence-electron chi connectivity index (χ2n) is 5.69. The third kappa shape index (κ3) is 4.30. The molecule has 1 saturated carbocycles. The van der Waals surface area contributed by atoms with E-state index >= 15 is 0 Å². The monoisotopic (exact) mass is 241 g/mol. The molecule has 1 aliphatic rings. The minimum atomic E-state index is -0.119. The van der Waals surface area contributed by atoms with E-state index in [0.717, 1.165) is 11.8 Å². The van der Waals surface area contributed by atoms with E-state index in [4.69, 9.17) is 10.5 Å². The van der Waals surface area contributed by atoms with Crippen LogP contribution in [-0.4, -0.2) is 19.6 Å². The zero-order valence-electron chi connectivity index (χ0n) is 11.4. The highest BCUT2D eigenvalue weighted by molar-refractivity contribution is 5.69. The molecule has 1 rings (SSSR count). The highest BCUT2D eigenvalue weighted by atomic mass is 16.5. The van der Waals surface area contributed by atoms with E-state index < -0.39 is 0 Å². The van der Waals surface area contributed by atoms with Gasteiger partial charge in [0.25, 0.3) is 0 Å². The lowest BCUT2D eigenvalue weighted by Gasteiger charge is -2.34. The maximum absolute atomic E-state index is 11.3. The third-order valence-electron chi connectivity index (χ3n) is 4.39. The molecule has 0 aromatic carbocycles. The normalized spacial score (nSPS) is 26.9. The van der Waals surface area contributed by atoms with E-state index in [1.54, 1.807) is 0 Å². The van der Waals surface area contributed by atoms with Gasteiger partial charge in [-0.05, 0) is 55.9 Å². The molecule has 1 atom stereocenters. The molecule has 1 unspecified atom stereocenters. The van der Waals surface area contributed by atoms with Crippen molar-refractivity contribution in [2.24, 2.45) is 29.4 Å². The van der Waals surface area contributed by atoms with Crippen molar-refractivity contribution in [2.75, 3.05) is 13.7 Å². The molecule has 1 aliphatic carbocycles. The van der Waals surface area contributed by atoms with Gasteiger partial charge < -0.3 is 10.5 Å². The first-order valence-electron chi connectivity index (χ1n) is 6.85. The van der Waals surface area contributed by atoms with Crippen LogP contribution in [0.4, 0.5) is 0 Å². The van der Waals surface area contributed by atoms with Crippen LogP contribution in [0, 0.1) is 23.7 Å². The Morgan fingerprint density at radius 3 is 2.18 bits per heavy atom. The second-order valence-corrected chi connectivity index (χ2v) is 5.69. The van der Waals surface area contributed by atoms with Gasteiger partial charge in [-0.2, -0.15) is 0 Å². The summed E-state index contributed by atoms with van der Waals surface area (Å²) in [6, 6.07) is 0. The van der Waals surface area contributed by atoms with Gasteiger partial charge in [0.2, 0.25) is 0 Å². The Morgan fingerprint density at radius 1 is 1.24 bits per heavy atom. The topological polar surface area (TPSA) is 52.3 Å². The molecule has 0 radical (unpaired) electrons. The van der Waals surface area contributed by atoms with Crippen molar-refractivity contribution in [3.05, 3.63) is 0 Å². The molecule has 0 aromatic rings. The van der Waals surface area contributed by atoms with Crippen LogP contribution in [-0.2, 0) is 9.53 Å². The number of methoxy groups -OCH3 is 1. The smallest absolute Gasteiger partial charge is 0.305 e. The van der Waals surface area contributed by atoms with Crippen molar-refractivity contribution < 1.29 is 9.53 Å².